The second-order valence-electron chi connectivity index (χ2n) is 7.03. The van der Waals surface area contributed by atoms with Gasteiger partial charge in [-0.2, -0.15) is 13.2 Å². The van der Waals surface area contributed by atoms with Gasteiger partial charge in [0.25, 0.3) is 5.91 Å². The number of nitrogens with one attached hydrogen (secondary N) is 1. The van der Waals surface area contributed by atoms with Gasteiger partial charge in [0.05, 0.1) is 16.5 Å². The first-order chi connectivity index (χ1) is 15.7. The van der Waals surface area contributed by atoms with Gasteiger partial charge in [-0.05, 0) is 36.4 Å². The van der Waals surface area contributed by atoms with Gasteiger partial charge in [-0.25, -0.2) is 0 Å². The zero-order valence-electron chi connectivity index (χ0n) is 16.8. The van der Waals surface area contributed by atoms with Crippen LogP contribution in [0.1, 0.15) is 5.56 Å². The molecule has 0 radical (unpaired) electrons. The number of alkyl halides is 3. The first-order valence-corrected chi connectivity index (χ1v) is 10.0. The van der Waals surface area contributed by atoms with Crippen molar-refractivity contribution in [3.63, 3.8) is 0 Å². The van der Waals surface area contributed by atoms with E-state index in [1.807, 2.05) is 0 Å². The van der Waals surface area contributed by atoms with E-state index in [0.717, 1.165) is 12.1 Å². The number of benzene rings is 3. The Hall–Kier alpha value is -3.78. The summed E-state index contributed by atoms with van der Waals surface area (Å²) in [6.07, 6.45) is -3.21. The minimum atomic E-state index is -4.52. The summed E-state index contributed by atoms with van der Waals surface area (Å²) in [6.45, 7) is -0.455. The van der Waals surface area contributed by atoms with Crippen molar-refractivity contribution in [2.45, 2.75) is 6.18 Å². The zero-order chi connectivity index (χ0) is 23.6. The summed E-state index contributed by atoms with van der Waals surface area (Å²) in [4.78, 5) is 25.0. The van der Waals surface area contributed by atoms with Crippen molar-refractivity contribution in [3.05, 3.63) is 93.8 Å². The van der Waals surface area contributed by atoms with E-state index in [1.54, 1.807) is 24.3 Å². The van der Waals surface area contributed by atoms with Gasteiger partial charge >= 0.3 is 6.18 Å². The Bertz CT molecular complexity index is 1400. The van der Waals surface area contributed by atoms with E-state index < -0.39 is 24.3 Å². The third-order valence-corrected chi connectivity index (χ3v) is 5.08. The molecule has 0 spiro atoms. The van der Waals surface area contributed by atoms with Crippen LogP contribution < -0.4 is 15.5 Å². The SMILES string of the molecule is O=C(COc1ccc2c(=O)c(-c3ccccc3Cl)coc2c1)Nc1cccc(C(F)(F)F)c1. The lowest BCUT2D eigenvalue weighted by atomic mass is 10.1. The number of ether oxygens (including phenoxy) is 1. The van der Waals surface area contributed by atoms with Crippen LogP contribution in [0.2, 0.25) is 5.02 Å². The van der Waals surface area contributed by atoms with Gasteiger partial charge < -0.3 is 14.5 Å². The van der Waals surface area contributed by atoms with Crippen molar-refractivity contribution in [3.8, 4) is 16.9 Å². The molecule has 0 bridgehead atoms. The van der Waals surface area contributed by atoms with E-state index in [9.17, 15) is 22.8 Å². The number of amides is 1. The lowest BCUT2D eigenvalue weighted by Crippen LogP contribution is -2.20. The van der Waals surface area contributed by atoms with Crippen LogP contribution in [-0.2, 0) is 11.0 Å². The maximum Gasteiger partial charge on any atom is 0.416 e. The fourth-order valence-electron chi connectivity index (χ4n) is 3.18. The smallest absolute Gasteiger partial charge is 0.416 e. The monoisotopic (exact) mass is 473 g/mol. The number of hydrogen-bond acceptors (Lipinski definition) is 4. The number of anilines is 1. The summed E-state index contributed by atoms with van der Waals surface area (Å²) in [5, 5.41) is 3.06. The van der Waals surface area contributed by atoms with E-state index in [2.05, 4.69) is 5.32 Å². The lowest BCUT2D eigenvalue weighted by molar-refractivity contribution is -0.137. The molecule has 0 aliphatic rings. The van der Waals surface area contributed by atoms with Crippen LogP contribution >= 0.6 is 11.6 Å². The van der Waals surface area contributed by atoms with Crippen molar-refractivity contribution in [2.75, 3.05) is 11.9 Å². The molecular weight excluding hydrogens is 459 g/mol. The summed E-state index contributed by atoms with van der Waals surface area (Å²) >= 11 is 6.17. The topological polar surface area (TPSA) is 68.5 Å². The summed E-state index contributed by atoms with van der Waals surface area (Å²) in [6, 6.07) is 15.6. The Balaban J connectivity index is 1.48. The van der Waals surface area contributed by atoms with Crippen LogP contribution in [0.5, 0.6) is 5.75 Å². The highest BCUT2D eigenvalue weighted by molar-refractivity contribution is 6.33. The molecule has 5 nitrogen and oxygen atoms in total. The molecule has 168 valence electrons. The minimum absolute atomic E-state index is 0.00460. The van der Waals surface area contributed by atoms with Gasteiger partial charge in [0, 0.05) is 22.3 Å². The Morgan fingerprint density at radius 2 is 1.79 bits per heavy atom. The predicted octanol–water partition coefficient (Wildman–Crippen LogP) is 6.15. The molecule has 1 heterocycles. The third kappa shape index (κ3) is 5.01. The fraction of sp³-hybridized carbons (Fsp3) is 0.0833. The van der Waals surface area contributed by atoms with Crippen molar-refractivity contribution < 1.29 is 27.1 Å². The summed E-state index contributed by atoms with van der Waals surface area (Å²) in [7, 11) is 0. The van der Waals surface area contributed by atoms with Crippen molar-refractivity contribution >= 4 is 34.2 Å². The maximum absolute atomic E-state index is 12.9. The van der Waals surface area contributed by atoms with Crippen LogP contribution in [0.25, 0.3) is 22.1 Å². The Kier molecular flexibility index (Phi) is 6.11. The fourth-order valence-corrected chi connectivity index (χ4v) is 3.42. The Morgan fingerprint density at radius 1 is 1.00 bits per heavy atom. The number of fused-ring (bicyclic) bond motifs is 1. The quantitative estimate of drug-likeness (QED) is 0.377. The molecule has 4 rings (SSSR count). The number of halogens is 4. The first-order valence-electron chi connectivity index (χ1n) is 9.63. The molecule has 1 aromatic heterocycles. The highest BCUT2D eigenvalue weighted by Gasteiger charge is 2.30. The second kappa shape index (κ2) is 8.99. The molecule has 4 aromatic rings. The Morgan fingerprint density at radius 3 is 2.55 bits per heavy atom. The number of hydrogen-bond donors (Lipinski definition) is 1. The van der Waals surface area contributed by atoms with E-state index in [-0.39, 0.29) is 22.4 Å². The van der Waals surface area contributed by atoms with Crippen LogP contribution in [-0.4, -0.2) is 12.5 Å². The molecule has 1 N–H and O–H groups in total. The van der Waals surface area contributed by atoms with Crippen molar-refractivity contribution in [1.82, 2.24) is 0 Å². The van der Waals surface area contributed by atoms with Crippen LogP contribution in [0.15, 0.2) is 82.2 Å². The van der Waals surface area contributed by atoms with Gasteiger partial charge in [0.2, 0.25) is 5.43 Å². The maximum atomic E-state index is 12.9. The van der Waals surface area contributed by atoms with Gasteiger partial charge in [0.1, 0.15) is 17.6 Å². The number of carbonyl (C=O) groups excluding carboxylic acids is 1. The average Bonchev–Trinajstić information content (AvgIpc) is 2.78. The highest BCUT2D eigenvalue weighted by Crippen LogP contribution is 2.31. The Labute approximate surface area is 190 Å². The minimum Gasteiger partial charge on any atom is -0.484 e. The standard InChI is InChI=1S/C24H15ClF3NO4/c25-20-7-2-1-6-17(20)19-12-33-21-11-16(8-9-18(21)23(19)31)32-13-22(30)29-15-5-3-4-14(10-15)24(26,27)28/h1-12H,13H2,(H,29,30). The molecule has 0 aliphatic heterocycles. The molecule has 0 unspecified atom stereocenters. The largest absolute Gasteiger partial charge is 0.484 e. The molecule has 0 atom stereocenters. The van der Waals surface area contributed by atoms with Crippen LogP contribution in [0.3, 0.4) is 0 Å². The van der Waals surface area contributed by atoms with Crippen molar-refractivity contribution in [2.24, 2.45) is 0 Å². The second-order valence-corrected chi connectivity index (χ2v) is 7.44. The van der Waals surface area contributed by atoms with E-state index in [4.69, 9.17) is 20.8 Å². The molecule has 0 saturated heterocycles. The molecule has 0 saturated carbocycles. The van der Waals surface area contributed by atoms with Crippen LogP contribution in [0, 0.1) is 0 Å². The molecule has 0 aliphatic carbocycles. The van der Waals surface area contributed by atoms with Crippen molar-refractivity contribution in [1.29, 1.82) is 0 Å². The molecule has 9 heteroatoms. The average molecular weight is 474 g/mol. The van der Waals surface area contributed by atoms with E-state index in [1.165, 1.54) is 36.6 Å². The van der Waals surface area contributed by atoms with Gasteiger partial charge in [-0.3, -0.25) is 9.59 Å². The van der Waals surface area contributed by atoms with E-state index in [0.29, 0.717) is 21.5 Å². The summed E-state index contributed by atoms with van der Waals surface area (Å²) < 4.78 is 49.4. The molecule has 0 fully saturated rings. The molecule has 3 aromatic carbocycles. The number of carbonyl (C=O) groups is 1. The number of rotatable bonds is 5. The molecule has 33 heavy (non-hydrogen) atoms. The summed E-state index contributed by atoms with van der Waals surface area (Å²) in [5.74, 6) is -0.403. The van der Waals surface area contributed by atoms with Gasteiger partial charge in [-0.15, -0.1) is 0 Å². The third-order valence-electron chi connectivity index (χ3n) is 4.75. The van der Waals surface area contributed by atoms with Crippen LogP contribution in [0.4, 0.5) is 18.9 Å². The lowest BCUT2D eigenvalue weighted by Gasteiger charge is -2.11. The molecule has 1 amide bonds. The molecular formula is C24H15ClF3NO4. The van der Waals surface area contributed by atoms with Gasteiger partial charge in [-0.1, -0.05) is 35.9 Å². The highest BCUT2D eigenvalue weighted by atomic mass is 35.5. The normalized spacial score (nSPS) is 11.4. The summed E-state index contributed by atoms with van der Waals surface area (Å²) in [5.41, 5.74) is -0.0645. The van der Waals surface area contributed by atoms with E-state index >= 15 is 0 Å². The first kappa shape index (κ1) is 22.4. The zero-order valence-corrected chi connectivity index (χ0v) is 17.5. The van der Waals surface area contributed by atoms with Gasteiger partial charge in [0.15, 0.2) is 6.61 Å². The predicted molar refractivity (Wildman–Crippen MR) is 118 cm³/mol.